The number of alkyl halides is 1. The first-order valence-electron chi connectivity index (χ1n) is 4.10. The van der Waals surface area contributed by atoms with Crippen molar-refractivity contribution in [3.8, 4) is 0 Å². The van der Waals surface area contributed by atoms with Crippen molar-refractivity contribution in [3.63, 3.8) is 0 Å². The number of rotatable bonds is 3. The Morgan fingerprint density at radius 1 is 1.54 bits per heavy atom. The first-order valence-corrected chi connectivity index (χ1v) is 4.64. The Morgan fingerprint density at radius 3 is 2.69 bits per heavy atom. The molecule has 0 saturated heterocycles. The number of halogens is 1. The quantitative estimate of drug-likeness (QED) is 0.759. The third-order valence-corrected chi connectivity index (χ3v) is 2.29. The molecule has 70 valence electrons. The third kappa shape index (κ3) is 2.01. The van der Waals surface area contributed by atoms with E-state index in [1.807, 2.05) is 13.0 Å². The van der Waals surface area contributed by atoms with E-state index in [2.05, 4.69) is 0 Å². The maximum absolute atomic E-state index is 10.8. The lowest BCUT2D eigenvalue weighted by Gasteiger charge is -2.07. The van der Waals surface area contributed by atoms with Gasteiger partial charge in [0.2, 0.25) is 0 Å². The molecule has 0 aliphatic heterocycles. The van der Waals surface area contributed by atoms with Gasteiger partial charge in [-0.05, 0) is 23.6 Å². The average Bonchev–Trinajstić information content (AvgIpc) is 2.16. The van der Waals surface area contributed by atoms with Gasteiger partial charge in [-0.25, -0.2) is 4.79 Å². The van der Waals surface area contributed by atoms with Gasteiger partial charge in [-0.1, -0.05) is 19.1 Å². The summed E-state index contributed by atoms with van der Waals surface area (Å²) in [5, 5.41) is 8.87. The van der Waals surface area contributed by atoms with Crippen LogP contribution in [0.15, 0.2) is 18.2 Å². The van der Waals surface area contributed by atoms with Crippen LogP contribution in [0.3, 0.4) is 0 Å². The van der Waals surface area contributed by atoms with Crippen LogP contribution >= 0.6 is 11.6 Å². The lowest BCUT2D eigenvalue weighted by Crippen LogP contribution is -2.04. The van der Waals surface area contributed by atoms with E-state index in [1.54, 1.807) is 12.1 Å². The van der Waals surface area contributed by atoms with E-state index >= 15 is 0 Å². The molecule has 0 aromatic heterocycles. The molecule has 0 spiro atoms. The lowest BCUT2D eigenvalue weighted by molar-refractivity contribution is 0.0695. The fraction of sp³-hybridized carbons (Fsp3) is 0.300. The molecule has 0 aliphatic carbocycles. The van der Waals surface area contributed by atoms with Crippen molar-refractivity contribution in [2.24, 2.45) is 0 Å². The Bertz CT molecular complexity index is 321. The fourth-order valence-corrected chi connectivity index (χ4v) is 1.63. The Balaban J connectivity index is 3.27. The van der Waals surface area contributed by atoms with Crippen LogP contribution in [0.25, 0.3) is 0 Å². The zero-order valence-electron chi connectivity index (χ0n) is 7.38. The molecule has 0 fully saturated rings. The molecule has 0 bridgehead atoms. The molecule has 0 saturated carbocycles. The Morgan fingerprint density at radius 2 is 2.23 bits per heavy atom. The SMILES string of the molecule is CCc1c(CCl)cccc1C(=O)O. The van der Waals surface area contributed by atoms with Crippen LogP contribution in [0.4, 0.5) is 0 Å². The third-order valence-electron chi connectivity index (χ3n) is 2.00. The number of hydrogen-bond acceptors (Lipinski definition) is 1. The summed E-state index contributed by atoms with van der Waals surface area (Å²) in [4.78, 5) is 10.8. The van der Waals surface area contributed by atoms with Gasteiger partial charge in [0.1, 0.15) is 0 Å². The van der Waals surface area contributed by atoms with Crippen LogP contribution < -0.4 is 0 Å². The number of carboxylic acid groups (broad SMARTS) is 1. The van der Waals surface area contributed by atoms with Crippen LogP contribution in [-0.4, -0.2) is 11.1 Å². The summed E-state index contributed by atoms with van der Waals surface area (Å²) in [6.07, 6.45) is 0.699. The molecule has 0 atom stereocenters. The van der Waals surface area contributed by atoms with Gasteiger partial charge in [-0.3, -0.25) is 0 Å². The van der Waals surface area contributed by atoms with Gasteiger partial charge in [0.25, 0.3) is 0 Å². The van der Waals surface area contributed by atoms with Crippen molar-refractivity contribution in [1.82, 2.24) is 0 Å². The highest BCUT2D eigenvalue weighted by molar-refractivity contribution is 6.17. The summed E-state index contributed by atoms with van der Waals surface area (Å²) in [6, 6.07) is 5.19. The van der Waals surface area contributed by atoms with Crippen LogP contribution in [0.5, 0.6) is 0 Å². The normalized spacial score (nSPS) is 10.0. The van der Waals surface area contributed by atoms with Crippen molar-refractivity contribution in [2.75, 3.05) is 0 Å². The Kier molecular flexibility index (Phi) is 3.32. The number of aromatic carboxylic acids is 1. The van der Waals surface area contributed by atoms with Crippen molar-refractivity contribution < 1.29 is 9.90 Å². The van der Waals surface area contributed by atoms with E-state index in [9.17, 15) is 4.79 Å². The minimum atomic E-state index is -0.885. The summed E-state index contributed by atoms with van der Waals surface area (Å²) >= 11 is 5.69. The monoisotopic (exact) mass is 198 g/mol. The van der Waals surface area contributed by atoms with Crippen molar-refractivity contribution in [3.05, 3.63) is 34.9 Å². The number of carbonyl (C=O) groups is 1. The molecular weight excluding hydrogens is 188 g/mol. The average molecular weight is 199 g/mol. The molecule has 0 heterocycles. The van der Waals surface area contributed by atoms with Crippen LogP contribution in [0.2, 0.25) is 0 Å². The van der Waals surface area contributed by atoms with Gasteiger partial charge in [0.05, 0.1) is 5.56 Å². The molecule has 13 heavy (non-hydrogen) atoms. The van der Waals surface area contributed by atoms with E-state index in [-0.39, 0.29) is 0 Å². The van der Waals surface area contributed by atoms with Gasteiger partial charge >= 0.3 is 5.97 Å². The number of benzene rings is 1. The molecule has 0 unspecified atom stereocenters. The smallest absolute Gasteiger partial charge is 0.335 e. The molecular formula is C10H11ClO2. The Labute approximate surface area is 82.2 Å². The predicted octanol–water partition coefficient (Wildman–Crippen LogP) is 2.69. The highest BCUT2D eigenvalue weighted by Crippen LogP contribution is 2.17. The molecule has 1 aromatic carbocycles. The van der Waals surface area contributed by atoms with E-state index in [4.69, 9.17) is 16.7 Å². The molecule has 2 nitrogen and oxygen atoms in total. The van der Waals surface area contributed by atoms with Gasteiger partial charge in [0, 0.05) is 5.88 Å². The molecule has 3 heteroatoms. The second kappa shape index (κ2) is 4.28. The fourth-order valence-electron chi connectivity index (χ4n) is 1.38. The lowest BCUT2D eigenvalue weighted by atomic mass is 10.00. The van der Waals surface area contributed by atoms with Gasteiger partial charge < -0.3 is 5.11 Å². The molecule has 0 aliphatic rings. The molecule has 1 N–H and O–H groups in total. The molecule has 1 rings (SSSR count). The second-order valence-electron chi connectivity index (χ2n) is 2.74. The van der Waals surface area contributed by atoms with Gasteiger partial charge in [-0.2, -0.15) is 0 Å². The van der Waals surface area contributed by atoms with Crippen molar-refractivity contribution >= 4 is 17.6 Å². The van der Waals surface area contributed by atoms with E-state index in [0.29, 0.717) is 17.9 Å². The summed E-state index contributed by atoms with van der Waals surface area (Å²) in [6.45, 7) is 1.93. The zero-order valence-corrected chi connectivity index (χ0v) is 8.14. The second-order valence-corrected chi connectivity index (χ2v) is 3.00. The topological polar surface area (TPSA) is 37.3 Å². The summed E-state index contributed by atoms with van der Waals surface area (Å²) in [7, 11) is 0. The van der Waals surface area contributed by atoms with Gasteiger partial charge in [0.15, 0.2) is 0 Å². The standard InChI is InChI=1S/C10H11ClO2/c1-2-8-7(6-11)4-3-5-9(8)10(12)13/h3-5H,2,6H2,1H3,(H,12,13). The highest BCUT2D eigenvalue weighted by atomic mass is 35.5. The first-order chi connectivity index (χ1) is 6.20. The number of carboxylic acids is 1. The predicted molar refractivity (Wildman–Crippen MR) is 52.3 cm³/mol. The highest BCUT2D eigenvalue weighted by Gasteiger charge is 2.10. The van der Waals surface area contributed by atoms with Crippen molar-refractivity contribution in [2.45, 2.75) is 19.2 Å². The number of hydrogen-bond donors (Lipinski definition) is 1. The summed E-state index contributed by atoms with van der Waals surface area (Å²) in [5.74, 6) is -0.520. The van der Waals surface area contributed by atoms with Gasteiger partial charge in [-0.15, -0.1) is 11.6 Å². The molecule has 1 aromatic rings. The maximum atomic E-state index is 10.8. The minimum absolute atomic E-state index is 0.362. The minimum Gasteiger partial charge on any atom is -0.478 e. The van der Waals surface area contributed by atoms with Crippen molar-refractivity contribution in [1.29, 1.82) is 0 Å². The van der Waals surface area contributed by atoms with E-state index in [1.165, 1.54) is 0 Å². The largest absolute Gasteiger partial charge is 0.478 e. The van der Waals surface area contributed by atoms with Crippen LogP contribution in [0.1, 0.15) is 28.4 Å². The van der Waals surface area contributed by atoms with E-state index in [0.717, 1.165) is 11.1 Å². The first kappa shape index (κ1) is 10.1. The Hall–Kier alpha value is -1.02. The molecule has 0 radical (unpaired) electrons. The molecule has 0 amide bonds. The van der Waals surface area contributed by atoms with Crippen LogP contribution in [-0.2, 0) is 12.3 Å². The summed E-state index contributed by atoms with van der Waals surface area (Å²) in [5.41, 5.74) is 2.11. The van der Waals surface area contributed by atoms with E-state index < -0.39 is 5.97 Å². The summed E-state index contributed by atoms with van der Waals surface area (Å²) < 4.78 is 0. The van der Waals surface area contributed by atoms with Crippen LogP contribution in [0, 0.1) is 0 Å². The zero-order chi connectivity index (χ0) is 9.84. The maximum Gasteiger partial charge on any atom is 0.335 e.